The number of halogens is 1. The van der Waals surface area contributed by atoms with E-state index in [0.29, 0.717) is 5.02 Å². The molecule has 0 aliphatic carbocycles. The fourth-order valence-electron chi connectivity index (χ4n) is 1.27. The van der Waals surface area contributed by atoms with Crippen LogP contribution in [0.3, 0.4) is 0 Å². The summed E-state index contributed by atoms with van der Waals surface area (Å²) in [5, 5.41) is 3.65. The molecule has 88 valence electrons. The molecule has 1 aromatic rings. The van der Waals surface area contributed by atoms with E-state index in [0.717, 1.165) is 5.56 Å². The molecular weight excluding hydrogens is 222 g/mol. The quantitative estimate of drug-likeness (QED) is 0.840. The molecule has 3 heteroatoms. The van der Waals surface area contributed by atoms with Gasteiger partial charge in [0, 0.05) is 10.4 Å². The van der Waals surface area contributed by atoms with Crippen LogP contribution in [-0.4, -0.2) is 5.91 Å². The van der Waals surface area contributed by atoms with Crippen LogP contribution < -0.4 is 5.32 Å². The molecule has 0 saturated carbocycles. The van der Waals surface area contributed by atoms with E-state index < -0.39 is 0 Å². The van der Waals surface area contributed by atoms with Gasteiger partial charge in [0.15, 0.2) is 0 Å². The minimum atomic E-state index is -0.368. The first-order chi connectivity index (χ1) is 7.30. The van der Waals surface area contributed by atoms with Crippen molar-refractivity contribution in [2.24, 2.45) is 5.41 Å². The lowest BCUT2D eigenvalue weighted by Gasteiger charge is -2.22. The van der Waals surface area contributed by atoms with Gasteiger partial charge in [-0.05, 0) is 24.6 Å². The monoisotopic (exact) mass is 239 g/mol. The predicted molar refractivity (Wildman–Crippen MR) is 67.5 cm³/mol. The van der Waals surface area contributed by atoms with E-state index in [-0.39, 0.29) is 17.4 Å². The van der Waals surface area contributed by atoms with Gasteiger partial charge < -0.3 is 5.32 Å². The molecule has 1 aromatic carbocycles. The Labute approximate surface area is 102 Å². The summed E-state index contributed by atoms with van der Waals surface area (Å²) in [7, 11) is 0. The molecule has 0 bridgehead atoms. The highest BCUT2D eigenvalue weighted by molar-refractivity contribution is 6.30. The molecule has 0 aliphatic rings. The second kappa shape index (κ2) is 4.88. The zero-order valence-corrected chi connectivity index (χ0v) is 10.9. The van der Waals surface area contributed by atoms with Gasteiger partial charge in [0.25, 0.3) is 0 Å². The highest BCUT2D eigenvalue weighted by Crippen LogP contribution is 2.20. The van der Waals surface area contributed by atoms with Crippen molar-refractivity contribution in [1.82, 2.24) is 5.32 Å². The van der Waals surface area contributed by atoms with Gasteiger partial charge in [-0.1, -0.05) is 44.5 Å². The van der Waals surface area contributed by atoms with Gasteiger partial charge in [0.2, 0.25) is 5.91 Å². The highest BCUT2D eigenvalue weighted by Gasteiger charge is 2.22. The molecule has 0 spiro atoms. The van der Waals surface area contributed by atoms with Crippen molar-refractivity contribution in [2.45, 2.75) is 33.7 Å². The summed E-state index contributed by atoms with van der Waals surface area (Å²) in [6, 6.07) is 7.51. The van der Waals surface area contributed by atoms with Gasteiger partial charge in [-0.2, -0.15) is 0 Å². The zero-order valence-electron chi connectivity index (χ0n) is 10.2. The van der Waals surface area contributed by atoms with Crippen molar-refractivity contribution in [1.29, 1.82) is 0 Å². The lowest BCUT2D eigenvalue weighted by Crippen LogP contribution is -2.36. The van der Waals surface area contributed by atoms with E-state index in [9.17, 15) is 4.79 Å². The Morgan fingerprint density at radius 3 is 2.50 bits per heavy atom. The Balaban J connectivity index is 2.73. The lowest BCUT2D eigenvalue weighted by atomic mass is 9.95. The number of nitrogens with one attached hydrogen (secondary N) is 1. The summed E-state index contributed by atoms with van der Waals surface area (Å²) in [4.78, 5) is 11.8. The second-order valence-corrected chi connectivity index (χ2v) is 5.44. The molecule has 1 atom stereocenters. The largest absolute Gasteiger partial charge is 0.349 e. The summed E-state index contributed by atoms with van der Waals surface area (Å²) in [6.07, 6.45) is 0. The molecule has 1 N–H and O–H groups in total. The van der Waals surface area contributed by atoms with Crippen molar-refractivity contribution >= 4 is 17.5 Å². The lowest BCUT2D eigenvalue weighted by molar-refractivity contribution is -0.129. The van der Waals surface area contributed by atoms with Crippen molar-refractivity contribution in [3.05, 3.63) is 34.9 Å². The fourth-order valence-corrected chi connectivity index (χ4v) is 1.47. The molecule has 0 heterocycles. The standard InChI is InChI=1S/C13H18ClNO/c1-9(15-12(16)13(2,3)4)10-6-5-7-11(14)8-10/h5-9H,1-4H3,(H,15,16)/t9-/m0/s1. The van der Waals surface area contributed by atoms with Crippen LogP contribution in [0.25, 0.3) is 0 Å². The van der Waals surface area contributed by atoms with Crippen LogP contribution in [-0.2, 0) is 4.79 Å². The smallest absolute Gasteiger partial charge is 0.225 e. The number of amides is 1. The van der Waals surface area contributed by atoms with Gasteiger partial charge in [0.1, 0.15) is 0 Å². The Hall–Kier alpha value is -1.02. The van der Waals surface area contributed by atoms with Crippen LogP contribution in [0.15, 0.2) is 24.3 Å². The van der Waals surface area contributed by atoms with E-state index >= 15 is 0 Å². The molecule has 0 radical (unpaired) electrons. The van der Waals surface area contributed by atoms with Crippen molar-refractivity contribution < 1.29 is 4.79 Å². The van der Waals surface area contributed by atoms with Crippen LogP contribution in [0, 0.1) is 5.41 Å². The summed E-state index contributed by atoms with van der Waals surface area (Å²) in [5.41, 5.74) is 0.650. The SMILES string of the molecule is C[C@H](NC(=O)C(C)(C)C)c1cccc(Cl)c1. The second-order valence-electron chi connectivity index (χ2n) is 5.00. The average Bonchev–Trinajstić information content (AvgIpc) is 2.16. The van der Waals surface area contributed by atoms with E-state index in [2.05, 4.69) is 5.32 Å². The maximum Gasteiger partial charge on any atom is 0.225 e. The first-order valence-electron chi connectivity index (χ1n) is 5.37. The van der Waals surface area contributed by atoms with Gasteiger partial charge in [-0.15, -0.1) is 0 Å². The van der Waals surface area contributed by atoms with Gasteiger partial charge in [-0.25, -0.2) is 0 Å². The number of carbonyl (C=O) groups excluding carboxylic acids is 1. The van der Waals surface area contributed by atoms with Gasteiger partial charge >= 0.3 is 0 Å². The first kappa shape index (κ1) is 13.0. The molecule has 1 amide bonds. The maximum atomic E-state index is 11.8. The first-order valence-corrected chi connectivity index (χ1v) is 5.75. The van der Waals surface area contributed by atoms with Crippen molar-refractivity contribution in [2.75, 3.05) is 0 Å². The van der Waals surface area contributed by atoms with Gasteiger partial charge in [-0.3, -0.25) is 4.79 Å². The number of benzene rings is 1. The summed E-state index contributed by atoms with van der Waals surface area (Å²) >= 11 is 5.90. The average molecular weight is 240 g/mol. The Morgan fingerprint density at radius 2 is 2.00 bits per heavy atom. The van der Waals surface area contributed by atoms with E-state index in [1.165, 1.54) is 0 Å². The molecule has 0 fully saturated rings. The van der Waals surface area contributed by atoms with E-state index in [1.807, 2.05) is 52.0 Å². The molecule has 0 unspecified atom stereocenters. The molecule has 2 nitrogen and oxygen atoms in total. The number of hydrogen-bond donors (Lipinski definition) is 1. The third kappa shape index (κ3) is 3.53. The Kier molecular flexibility index (Phi) is 3.98. The molecule has 0 aromatic heterocycles. The predicted octanol–water partition coefficient (Wildman–Crippen LogP) is 3.56. The van der Waals surface area contributed by atoms with Crippen molar-refractivity contribution in [3.8, 4) is 0 Å². The minimum absolute atomic E-state index is 0.0228. The number of hydrogen-bond acceptors (Lipinski definition) is 1. The van der Waals surface area contributed by atoms with Crippen LogP contribution in [0.1, 0.15) is 39.3 Å². The maximum absolute atomic E-state index is 11.8. The van der Waals surface area contributed by atoms with Crippen LogP contribution in [0.2, 0.25) is 5.02 Å². The van der Waals surface area contributed by atoms with Gasteiger partial charge in [0.05, 0.1) is 6.04 Å². The number of rotatable bonds is 2. The zero-order chi connectivity index (χ0) is 12.3. The summed E-state index contributed by atoms with van der Waals surface area (Å²) < 4.78 is 0. The fraction of sp³-hybridized carbons (Fsp3) is 0.462. The molecular formula is C13H18ClNO. The molecule has 16 heavy (non-hydrogen) atoms. The van der Waals surface area contributed by atoms with Crippen LogP contribution in [0.5, 0.6) is 0 Å². The van der Waals surface area contributed by atoms with Crippen LogP contribution >= 0.6 is 11.6 Å². The number of carbonyl (C=O) groups is 1. The molecule has 1 rings (SSSR count). The normalized spacial score (nSPS) is 13.3. The van der Waals surface area contributed by atoms with Crippen LogP contribution in [0.4, 0.5) is 0 Å². The topological polar surface area (TPSA) is 29.1 Å². The summed E-state index contributed by atoms with van der Waals surface area (Å²) in [5.74, 6) is 0.0416. The third-order valence-electron chi connectivity index (χ3n) is 2.38. The highest BCUT2D eigenvalue weighted by atomic mass is 35.5. The molecule has 0 saturated heterocycles. The third-order valence-corrected chi connectivity index (χ3v) is 2.61. The summed E-state index contributed by atoms with van der Waals surface area (Å²) in [6.45, 7) is 7.64. The Bertz CT molecular complexity index is 382. The van der Waals surface area contributed by atoms with Crippen molar-refractivity contribution in [3.63, 3.8) is 0 Å². The van der Waals surface area contributed by atoms with E-state index in [1.54, 1.807) is 0 Å². The Morgan fingerprint density at radius 1 is 1.38 bits per heavy atom. The molecule has 0 aliphatic heterocycles. The minimum Gasteiger partial charge on any atom is -0.349 e. The van der Waals surface area contributed by atoms with E-state index in [4.69, 9.17) is 11.6 Å².